The maximum Gasteiger partial charge on any atom is 0.122 e. The van der Waals surface area contributed by atoms with Crippen molar-refractivity contribution in [1.29, 1.82) is 0 Å². The maximum absolute atomic E-state index is 5.64. The molecule has 0 saturated heterocycles. The Kier molecular flexibility index (Phi) is 4.02. The largest absolute Gasteiger partial charge is 0.465 e. The first-order valence-corrected chi connectivity index (χ1v) is 6.32. The summed E-state index contributed by atoms with van der Waals surface area (Å²) in [5, 5.41) is 0. The van der Waals surface area contributed by atoms with Crippen LogP contribution in [0.5, 0.6) is 0 Å². The fraction of sp³-hybridized carbons (Fsp3) is 0.692. The standard InChI is InChI=1S/C13H22N2O/c1-10-7-8-13(16-10)12(15-14)9-11-5-3-2-4-6-11/h7-8,11-12,15H,2-6,9,14H2,1H3. The number of hydrazine groups is 1. The Morgan fingerprint density at radius 2 is 2.12 bits per heavy atom. The number of furan rings is 1. The van der Waals surface area contributed by atoms with E-state index in [-0.39, 0.29) is 6.04 Å². The van der Waals surface area contributed by atoms with Gasteiger partial charge in [-0.1, -0.05) is 32.1 Å². The lowest BCUT2D eigenvalue weighted by molar-refractivity contribution is 0.279. The molecule has 3 nitrogen and oxygen atoms in total. The highest BCUT2D eigenvalue weighted by atomic mass is 16.3. The Bertz CT molecular complexity index is 315. The van der Waals surface area contributed by atoms with Crippen LogP contribution in [0.3, 0.4) is 0 Å². The van der Waals surface area contributed by atoms with E-state index in [4.69, 9.17) is 10.3 Å². The topological polar surface area (TPSA) is 51.2 Å². The number of hydrogen-bond donors (Lipinski definition) is 2. The molecule has 1 unspecified atom stereocenters. The van der Waals surface area contributed by atoms with Gasteiger partial charge >= 0.3 is 0 Å². The Balaban J connectivity index is 1.94. The van der Waals surface area contributed by atoms with E-state index < -0.39 is 0 Å². The summed E-state index contributed by atoms with van der Waals surface area (Å²) < 4.78 is 5.64. The molecule has 1 aromatic rings. The zero-order valence-electron chi connectivity index (χ0n) is 10.0. The lowest BCUT2D eigenvalue weighted by atomic mass is 9.84. The Morgan fingerprint density at radius 3 is 2.69 bits per heavy atom. The number of hydrogen-bond acceptors (Lipinski definition) is 3. The van der Waals surface area contributed by atoms with Crippen LogP contribution >= 0.6 is 0 Å². The summed E-state index contributed by atoms with van der Waals surface area (Å²) in [4.78, 5) is 0. The van der Waals surface area contributed by atoms with E-state index in [9.17, 15) is 0 Å². The van der Waals surface area contributed by atoms with Crippen molar-refractivity contribution >= 4 is 0 Å². The van der Waals surface area contributed by atoms with E-state index in [1.165, 1.54) is 32.1 Å². The van der Waals surface area contributed by atoms with E-state index in [1.54, 1.807) is 0 Å². The molecule has 0 bridgehead atoms. The number of nitrogens with two attached hydrogens (primary N) is 1. The Labute approximate surface area is 97.4 Å². The van der Waals surface area contributed by atoms with Crippen LogP contribution in [0.25, 0.3) is 0 Å². The summed E-state index contributed by atoms with van der Waals surface area (Å²) >= 11 is 0. The van der Waals surface area contributed by atoms with Gasteiger partial charge in [0, 0.05) is 0 Å². The molecule has 1 aromatic heterocycles. The number of rotatable bonds is 4. The molecule has 0 spiro atoms. The summed E-state index contributed by atoms with van der Waals surface area (Å²) in [6, 6.07) is 4.21. The molecular weight excluding hydrogens is 200 g/mol. The normalized spacial score (nSPS) is 19.9. The van der Waals surface area contributed by atoms with Crippen molar-refractivity contribution in [3.63, 3.8) is 0 Å². The average Bonchev–Trinajstić information content (AvgIpc) is 2.74. The molecule has 0 aromatic carbocycles. The Hall–Kier alpha value is -0.800. The van der Waals surface area contributed by atoms with Gasteiger partial charge in [-0.3, -0.25) is 5.84 Å². The highest BCUT2D eigenvalue weighted by Gasteiger charge is 2.21. The van der Waals surface area contributed by atoms with Gasteiger partial charge in [0.25, 0.3) is 0 Å². The second-order valence-corrected chi connectivity index (χ2v) is 4.91. The van der Waals surface area contributed by atoms with Crippen molar-refractivity contribution in [3.8, 4) is 0 Å². The van der Waals surface area contributed by atoms with Gasteiger partial charge in [-0.25, -0.2) is 5.43 Å². The van der Waals surface area contributed by atoms with Crippen LogP contribution < -0.4 is 11.3 Å². The third-order valence-electron chi connectivity index (χ3n) is 3.60. The first-order chi connectivity index (χ1) is 7.79. The van der Waals surface area contributed by atoms with Crippen molar-refractivity contribution in [2.45, 2.75) is 51.5 Å². The van der Waals surface area contributed by atoms with Gasteiger partial charge in [-0.15, -0.1) is 0 Å². The van der Waals surface area contributed by atoms with Gasteiger partial charge in [0.2, 0.25) is 0 Å². The van der Waals surface area contributed by atoms with E-state index in [1.807, 2.05) is 19.1 Å². The fourth-order valence-corrected chi connectivity index (χ4v) is 2.66. The van der Waals surface area contributed by atoms with Crippen LogP contribution in [-0.2, 0) is 0 Å². The smallest absolute Gasteiger partial charge is 0.122 e. The van der Waals surface area contributed by atoms with E-state index in [0.29, 0.717) is 0 Å². The van der Waals surface area contributed by atoms with Gasteiger partial charge in [-0.05, 0) is 31.4 Å². The van der Waals surface area contributed by atoms with Crippen molar-refractivity contribution in [2.24, 2.45) is 11.8 Å². The van der Waals surface area contributed by atoms with Crippen LogP contribution in [-0.4, -0.2) is 0 Å². The van der Waals surface area contributed by atoms with Crippen molar-refractivity contribution < 1.29 is 4.42 Å². The van der Waals surface area contributed by atoms with Crippen molar-refractivity contribution in [1.82, 2.24) is 5.43 Å². The van der Waals surface area contributed by atoms with Gasteiger partial charge in [-0.2, -0.15) is 0 Å². The number of nitrogens with one attached hydrogen (secondary N) is 1. The van der Waals surface area contributed by atoms with Gasteiger partial charge in [0.05, 0.1) is 6.04 Å². The van der Waals surface area contributed by atoms with Gasteiger partial charge in [0.1, 0.15) is 11.5 Å². The molecule has 2 rings (SSSR count). The minimum absolute atomic E-state index is 0.178. The van der Waals surface area contributed by atoms with E-state index in [2.05, 4.69) is 5.43 Å². The summed E-state index contributed by atoms with van der Waals surface area (Å²) in [6.45, 7) is 1.97. The van der Waals surface area contributed by atoms with Gasteiger partial charge in [0.15, 0.2) is 0 Å². The third kappa shape index (κ3) is 2.86. The van der Waals surface area contributed by atoms with E-state index in [0.717, 1.165) is 23.9 Å². The maximum atomic E-state index is 5.64. The van der Waals surface area contributed by atoms with Gasteiger partial charge < -0.3 is 4.42 Å². The molecule has 0 aliphatic heterocycles. The molecular formula is C13H22N2O. The summed E-state index contributed by atoms with van der Waals surface area (Å²) in [6.07, 6.45) is 7.94. The zero-order valence-corrected chi connectivity index (χ0v) is 10.0. The first-order valence-electron chi connectivity index (χ1n) is 6.32. The van der Waals surface area contributed by atoms with Crippen LogP contribution in [0.2, 0.25) is 0 Å². The molecule has 0 radical (unpaired) electrons. The van der Waals surface area contributed by atoms with Crippen LogP contribution in [0.1, 0.15) is 56.1 Å². The minimum atomic E-state index is 0.178. The lowest BCUT2D eigenvalue weighted by Gasteiger charge is -2.25. The molecule has 16 heavy (non-hydrogen) atoms. The highest BCUT2D eigenvalue weighted by molar-refractivity contribution is 5.09. The first kappa shape index (κ1) is 11.7. The molecule has 3 N–H and O–H groups in total. The van der Waals surface area contributed by atoms with Crippen LogP contribution in [0, 0.1) is 12.8 Å². The minimum Gasteiger partial charge on any atom is -0.465 e. The predicted octanol–water partition coefficient (Wildman–Crippen LogP) is 3.06. The third-order valence-corrected chi connectivity index (χ3v) is 3.60. The zero-order chi connectivity index (χ0) is 11.4. The molecule has 1 atom stereocenters. The monoisotopic (exact) mass is 222 g/mol. The quantitative estimate of drug-likeness (QED) is 0.608. The molecule has 0 amide bonds. The molecule has 1 heterocycles. The SMILES string of the molecule is Cc1ccc(C(CC2CCCCC2)NN)o1. The second kappa shape index (κ2) is 5.51. The summed E-state index contributed by atoms with van der Waals surface area (Å²) in [7, 11) is 0. The second-order valence-electron chi connectivity index (χ2n) is 4.91. The van der Waals surface area contributed by atoms with Crippen LogP contribution in [0.15, 0.2) is 16.5 Å². The Morgan fingerprint density at radius 1 is 1.38 bits per heavy atom. The molecule has 1 aliphatic rings. The predicted molar refractivity (Wildman–Crippen MR) is 64.7 cm³/mol. The lowest BCUT2D eigenvalue weighted by Crippen LogP contribution is -2.29. The average molecular weight is 222 g/mol. The summed E-state index contributed by atoms with van der Waals surface area (Å²) in [5.41, 5.74) is 2.89. The molecule has 1 saturated carbocycles. The van der Waals surface area contributed by atoms with E-state index >= 15 is 0 Å². The van der Waals surface area contributed by atoms with Crippen molar-refractivity contribution in [2.75, 3.05) is 0 Å². The molecule has 1 aliphatic carbocycles. The number of aryl methyl sites for hydroxylation is 1. The highest BCUT2D eigenvalue weighted by Crippen LogP contribution is 2.31. The molecule has 3 heteroatoms. The van der Waals surface area contributed by atoms with Crippen LogP contribution in [0.4, 0.5) is 0 Å². The summed E-state index contributed by atoms with van der Waals surface area (Å²) in [5.74, 6) is 8.36. The molecule has 1 fully saturated rings. The fourth-order valence-electron chi connectivity index (χ4n) is 2.66. The van der Waals surface area contributed by atoms with Crippen molar-refractivity contribution in [3.05, 3.63) is 23.7 Å². The molecule has 90 valence electrons.